The van der Waals surface area contributed by atoms with Crippen LogP contribution >= 0.6 is 39.1 Å². The molecular formula is C14H10BrCl2NO. The first-order valence-electron chi connectivity index (χ1n) is 5.78. The van der Waals surface area contributed by atoms with Crippen LogP contribution in [0.25, 0.3) is 0 Å². The van der Waals surface area contributed by atoms with E-state index < -0.39 is 0 Å². The van der Waals surface area contributed by atoms with Gasteiger partial charge in [-0.2, -0.15) is 0 Å². The molecule has 1 atom stereocenters. The minimum Gasteiger partial charge on any atom is -0.482 e. The van der Waals surface area contributed by atoms with Gasteiger partial charge in [0.25, 0.3) is 0 Å². The van der Waals surface area contributed by atoms with E-state index in [9.17, 15) is 0 Å². The lowest BCUT2D eigenvalue weighted by Crippen LogP contribution is -2.23. The van der Waals surface area contributed by atoms with Crippen LogP contribution in [0.15, 0.2) is 40.9 Å². The van der Waals surface area contributed by atoms with Gasteiger partial charge in [0.2, 0.25) is 0 Å². The molecule has 3 rings (SSSR count). The van der Waals surface area contributed by atoms with Gasteiger partial charge in [0.15, 0.2) is 0 Å². The first-order chi connectivity index (χ1) is 9.13. The second kappa shape index (κ2) is 5.23. The Labute approximate surface area is 129 Å². The Hall–Kier alpha value is -0.900. The highest BCUT2D eigenvalue weighted by atomic mass is 79.9. The predicted molar refractivity (Wildman–Crippen MR) is 82.5 cm³/mol. The molecule has 0 saturated carbocycles. The maximum Gasteiger partial charge on any atom is 0.144 e. The first kappa shape index (κ1) is 13.1. The minimum absolute atomic E-state index is 0.119. The van der Waals surface area contributed by atoms with Gasteiger partial charge < -0.3 is 10.1 Å². The number of hydrogen-bond acceptors (Lipinski definition) is 2. The molecule has 0 spiro atoms. The molecule has 0 bridgehead atoms. The van der Waals surface area contributed by atoms with Crippen LogP contribution in [-0.4, -0.2) is 6.54 Å². The number of anilines is 1. The predicted octanol–water partition coefficient (Wildman–Crippen LogP) is 5.30. The zero-order valence-corrected chi connectivity index (χ0v) is 12.9. The zero-order valence-electron chi connectivity index (χ0n) is 9.79. The maximum atomic E-state index is 6.26. The largest absolute Gasteiger partial charge is 0.482 e. The van der Waals surface area contributed by atoms with E-state index in [2.05, 4.69) is 21.2 Å². The quantitative estimate of drug-likeness (QED) is 0.746. The van der Waals surface area contributed by atoms with E-state index in [0.717, 1.165) is 21.5 Å². The average molecular weight is 359 g/mol. The fourth-order valence-corrected chi connectivity index (χ4v) is 3.03. The number of rotatable bonds is 1. The summed E-state index contributed by atoms with van der Waals surface area (Å²) in [6.07, 6.45) is -0.119. The van der Waals surface area contributed by atoms with E-state index in [0.29, 0.717) is 16.6 Å². The fourth-order valence-electron chi connectivity index (χ4n) is 2.07. The Balaban J connectivity index is 1.93. The summed E-state index contributed by atoms with van der Waals surface area (Å²) in [5.41, 5.74) is 1.91. The van der Waals surface area contributed by atoms with Crippen LogP contribution in [0.4, 0.5) is 5.69 Å². The van der Waals surface area contributed by atoms with Crippen molar-refractivity contribution in [2.45, 2.75) is 6.10 Å². The second-order valence-corrected chi connectivity index (χ2v) is 6.05. The van der Waals surface area contributed by atoms with Crippen molar-refractivity contribution in [3.05, 3.63) is 56.5 Å². The van der Waals surface area contributed by atoms with Gasteiger partial charge in [-0.05, 0) is 24.3 Å². The van der Waals surface area contributed by atoms with Crippen LogP contribution in [0.3, 0.4) is 0 Å². The lowest BCUT2D eigenvalue weighted by atomic mass is 10.1. The lowest BCUT2D eigenvalue weighted by molar-refractivity contribution is 0.210. The average Bonchev–Trinajstić information content (AvgIpc) is 2.38. The molecule has 0 fully saturated rings. The molecule has 2 aromatic rings. The van der Waals surface area contributed by atoms with E-state index in [1.165, 1.54) is 0 Å². The summed E-state index contributed by atoms with van der Waals surface area (Å²) in [4.78, 5) is 0. The van der Waals surface area contributed by atoms with Gasteiger partial charge in [-0.25, -0.2) is 0 Å². The molecule has 98 valence electrons. The van der Waals surface area contributed by atoms with Crippen molar-refractivity contribution in [1.82, 2.24) is 0 Å². The van der Waals surface area contributed by atoms with Crippen molar-refractivity contribution in [3.63, 3.8) is 0 Å². The SMILES string of the molecule is Clc1ccc2c(c1)OC(c1ccc(Br)cc1Cl)CN2. The normalized spacial score (nSPS) is 17.3. The van der Waals surface area contributed by atoms with Crippen LogP contribution in [0.5, 0.6) is 5.75 Å². The molecule has 0 saturated heterocycles. The molecule has 0 amide bonds. The van der Waals surface area contributed by atoms with Gasteiger partial charge in [0, 0.05) is 26.1 Å². The van der Waals surface area contributed by atoms with Crippen LogP contribution < -0.4 is 10.1 Å². The van der Waals surface area contributed by atoms with Gasteiger partial charge in [-0.15, -0.1) is 0 Å². The second-order valence-electron chi connectivity index (χ2n) is 4.29. The molecule has 1 N–H and O–H groups in total. The molecule has 0 aliphatic carbocycles. The van der Waals surface area contributed by atoms with Crippen LogP contribution in [0.1, 0.15) is 11.7 Å². The number of benzene rings is 2. The van der Waals surface area contributed by atoms with E-state index in [1.807, 2.05) is 36.4 Å². The van der Waals surface area contributed by atoms with Gasteiger partial charge in [-0.1, -0.05) is 45.2 Å². The van der Waals surface area contributed by atoms with Crippen molar-refractivity contribution in [1.29, 1.82) is 0 Å². The fraction of sp³-hybridized carbons (Fsp3) is 0.143. The van der Waals surface area contributed by atoms with Crippen molar-refractivity contribution >= 4 is 44.8 Å². The molecule has 1 aliphatic heterocycles. The van der Waals surface area contributed by atoms with Gasteiger partial charge >= 0.3 is 0 Å². The van der Waals surface area contributed by atoms with E-state index in [1.54, 1.807) is 0 Å². The third-order valence-electron chi connectivity index (χ3n) is 3.00. The van der Waals surface area contributed by atoms with Crippen LogP contribution in [0, 0.1) is 0 Å². The molecule has 0 radical (unpaired) electrons. The third-order valence-corrected chi connectivity index (χ3v) is 4.06. The smallest absolute Gasteiger partial charge is 0.144 e. The molecule has 2 nitrogen and oxygen atoms in total. The Morgan fingerprint density at radius 3 is 2.79 bits per heavy atom. The third kappa shape index (κ3) is 2.69. The number of fused-ring (bicyclic) bond motifs is 1. The highest BCUT2D eigenvalue weighted by Gasteiger charge is 2.23. The van der Waals surface area contributed by atoms with E-state index >= 15 is 0 Å². The Kier molecular flexibility index (Phi) is 3.61. The standard InChI is InChI=1S/C14H10BrCl2NO/c15-8-1-3-10(11(17)5-8)14-7-18-12-4-2-9(16)6-13(12)19-14/h1-6,14,18H,7H2. The molecular weight excluding hydrogens is 349 g/mol. The van der Waals surface area contributed by atoms with Crippen molar-refractivity contribution < 1.29 is 4.74 Å². The number of halogens is 3. The summed E-state index contributed by atoms with van der Waals surface area (Å²) in [6, 6.07) is 11.4. The summed E-state index contributed by atoms with van der Waals surface area (Å²) in [6.45, 7) is 0.677. The summed E-state index contributed by atoms with van der Waals surface area (Å²) < 4.78 is 6.93. The summed E-state index contributed by atoms with van der Waals surface area (Å²) in [7, 11) is 0. The van der Waals surface area contributed by atoms with E-state index in [4.69, 9.17) is 27.9 Å². The number of hydrogen-bond donors (Lipinski definition) is 1. The number of ether oxygens (including phenoxy) is 1. The molecule has 5 heteroatoms. The Bertz CT molecular complexity index is 633. The minimum atomic E-state index is -0.119. The monoisotopic (exact) mass is 357 g/mol. The van der Waals surface area contributed by atoms with Crippen molar-refractivity contribution in [2.24, 2.45) is 0 Å². The Morgan fingerprint density at radius 2 is 2.00 bits per heavy atom. The maximum absolute atomic E-state index is 6.26. The molecule has 1 aliphatic rings. The van der Waals surface area contributed by atoms with Crippen LogP contribution in [-0.2, 0) is 0 Å². The van der Waals surface area contributed by atoms with E-state index in [-0.39, 0.29) is 6.10 Å². The highest BCUT2D eigenvalue weighted by molar-refractivity contribution is 9.10. The van der Waals surface area contributed by atoms with Crippen molar-refractivity contribution in [3.8, 4) is 5.75 Å². The lowest BCUT2D eigenvalue weighted by Gasteiger charge is -2.28. The molecule has 1 unspecified atom stereocenters. The topological polar surface area (TPSA) is 21.3 Å². The van der Waals surface area contributed by atoms with Crippen LogP contribution in [0.2, 0.25) is 10.0 Å². The number of nitrogens with one attached hydrogen (secondary N) is 1. The molecule has 19 heavy (non-hydrogen) atoms. The summed E-state index contributed by atoms with van der Waals surface area (Å²) in [5.74, 6) is 0.753. The van der Waals surface area contributed by atoms with Gasteiger partial charge in [0.05, 0.1) is 12.2 Å². The first-order valence-corrected chi connectivity index (χ1v) is 7.33. The zero-order chi connectivity index (χ0) is 13.4. The molecule has 1 heterocycles. The summed E-state index contributed by atoms with van der Waals surface area (Å²) in [5, 5.41) is 4.67. The van der Waals surface area contributed by atoms with Gasteiger partial charge in [-0.3, -0.25) is 0 Å². The summed E-state index contributed by atoms with van der Waals surface area (Å²) >= 11 is 15.6. The van der Waals surface area contributed by atoms with Crippen molar-refractivity contribution in [2.75, 3.05) is 11.9 Å². The molecule has 0 aromatic heterocycles. The van der Waals surface area contributed by atoms with Gasteiger partial charge in [0.1, 0.15) is 11.9 Å². The molecule has 2 aromatic carbocycles. The Morgan fingerprint density at radius 1 is 1.16 bits per heavy atom. The highest BCUT2D eigenvalue weighted by Crippen LogP contribution is 2.38.